The average Bonchev–Trinajstić information content (AvgIpc) is 2.79. The molecule has 1 atom stereocenters. The van der Waals surface area contributed by atoms with Crippen molar-refractivity contribution in [2.24, 2.45) is 5.92 Å². The van der Waals surface area contributed by atoms with Crippen LogP contribution >= 0.6 is 0 Å². The monoisotopic (exact) mass is 248 g/mol. The fourth-order valence-electron chi connectivity index (χ4n) is 2.34. The molecule has 1 amide bonds. The number of pyridine rings is 1. The molecule has 1 fully saturated rings. The number of carbonyl (C=O) groups is 1. The van der Waals surface area contributed by atoms with E-state index in [2.05, 4.69) is 9.88 Å². The Morgan fingerprint density at radius 3 is 2.89 bits per heavy atom. The number of nitrogen functional groups attached to an aromatic ring is 1. The van der Waals surface area contributed by atoms with Gasteiger partial charge in [-0.3, -0.25) is 9.69 Å². The van der Waals surface area contributed by atoms with Gasteiger partial charge in [0.15, 0.2) is 0 Å². The van der Waals surface area contributed by atoms with Crippen molar-refractivity contribution in [3.05, 3.63) is 18.3 Å². The van der Waals surface area contributed by atoms with Gasteiger partial charge in [-0.2, -0.15) is 0 Å². The molecule has 98 valence electrons. The Kier molecular flexibility index (Phi) is 3.81. The molecule has 0 spiro atoms. The van der Waals surface area contributed by atoms with Crippen molar-refractivity contribution in [1.82, 2.24) is 9.88 Å². The fraction of sp³-hybridized carbons (Fsp3) is 0.538. The molecule has 2 rings (SSSR count). The number of carbonyl (C=O) groups excluding carboxylic acids is 1. The molecule has 0 aliphatic carbocycles. The smallest absolute Gasteiger partial charge is 0.232 e. The summed E-state index contributed by atoms with van der Waals surface area (Å²) in [7, 11) is 2.05. The van der Waals surface area contributed by atoms with Gasteiger partial charge in [-0.1, -0.05) is 0 Å². The number of hydrogen-bond donors (Lipinski definition) is 1. The van der Waals surface area contributed by atoms with Crippen LogP contribution in [0.15, 0.2) is 18.3 Å². The molecule has 5 heteroatoms. The minimum absolute atomic E-state index is 0.0919. The highest BCUT2D eigenvalue weighted by molar-refractivity contribution is 5.94. The number of likely N-dealkylation sites (tertiary alicyclic amines) is 1. The van der Waals surface area contributed by atoms with Crippen LogP contribution in [0.25, 0.3) is 0 Å². The lowest BCUT2D eigenvalue weighted by atomic mass is 10.1. The zero-order valence-corrected chi connectivity index (χ0v) is 11.0. The van der Waals surface area contributed by atoms with E-state index in [0.717, 1.165) is 19.5 Å². The molecule has 5 nitrogen and oxygen atoms in total. The number of rotatable bonds is 3. The normalized spacial score (nSPS) is 20.0. The molecule has 0 bridgehead atoms. The largest absolute Gasteiger partial charge is 0.397 e. The van der Waals surface area contributed by atoms with Crippen molar-refractivity contribution in [1.29, 1.82) is 0 Å². The number of hydrogen-bond acceptors (Lipinski definition) is 4. The Balaban J connectivity index is 2.13. The van der Waals surface area contributed by atoms with E-state index < -0.39 is 0 Å². The van der Waals surface area contributed by atoms with Gasteiger partial charge in [0.1, 0.15) is 5.82 Å². The second-order valence-electron chi connectivity index (χ2n) is 4.78. The summed E-state index contributed by atoms with van der Waals surface area (Å²) in [5.41, 5.74) is 6.23. The first-order chi connectivity index (χ1) is 8.61. The van der Waals surface area contributed by atoms with Crippen molar-refractivity contribution >= 4 is 17.4 Å². The van der Waals surface area contributed by atoms with Gasteiger partial charge >= 0.3 is 0 Å². The van der Waals surface area contributed by atoms with Crippen LogP contribution in [0.3, 0.4) is 0 Å². The predicted octanol–water partition coefficient (Wildman–Crippen LogP) is 0.968. The highest BCUT2D eigenvalue weighted by Gasteiger charge is 2.30. The summed E-state index contributed by atoms with van der Waals surface area (Å²) in [5, 5.41) is 0. The molecule has 1 unspecified atom stereocenters. The Labute approximate surface area is 108 Å². The summed E-state index contributed by atoms with van der Waals surface area (Å²) >= 11 is 0. The van der Waals surface area contributed by atoms with Crippen molar-refractivity contribution in [2.75, 3.05) is 37.3 Å². The molecule has 1 aliphatic rings. The van der Waals surface area contributed by atoms with Gasteiger partial charge in [0.2, 0.25) is 5.91 Å². The summed E-state index contributed by atoms with van der Waals surface area (Å²) in [6.45, 7) is 4.43. The Morgan fingerprint density at radius 1 is 1.61 bits per heavy atom. The van der Waals surface area contributed by atoms with E-state index in [4.69, 9.17) is 5.73 Å². The van der Waals surface area contributed by atoms with Crippen LogP contribution in [-0.4, -0.2) is 42.5 Å². The molecule has 0 aromatic carbocycles. The Morgan fingerprint density at radius 2 is 2.39 bits per heavy atom. The van der Waals surface area contributed by atoms with Gasteiger partial charge in [0, 0.05) is 13.1 Å². The minimum Gasteiger partial charge on any atom is -0.397 e. The van der Waals surface area contributed by atoms with Gasteiger partial charge in [0.05, 0.1) is 17.8 Å². The SMILES string of the molecule is CCN(C(=O)C1CCN(C)C1)c1ccc(N)cn1. The number of anilines is 2. The van der Waals surface area contributed by atoms with Gasteiger partial charge in [-0.15, -0.1) is 0 Å². The molecule has 1 aromatic heterocycles. The Bertz CT molecular complexity index is 418. The van der Waals surface area contributed by atoms with Crippen LogP contribution in [0, 0.1) is 5.92 Å². The van der Waals surface area contributed by atoms with E-state index in [1.807, 2.05) is 14.0 Å². The van der Waals surface area contributed by atoms with Crippen LogP contribution in [0.5, 0.6) is 0 Å². The second-order valence-corrected chi connectivity index (χ2v) is 4.78. The van der Waals surface area contributed by atoms with E-state index in [1.54, 1.807) is 23.2 Å². The first-order valence-corrected chi connectivity index (χ1v) is 6.33. The van der Waals surface area contributed by atoms with Crippen LogP contribution in [-0.2, 0) is 4.79 Å². The van der Waals surface area contributed by atoms with Crippen molar-refractivity contribution in [3.8, 4) is 0 Å². The minimum atomic E-state index is 0.0919. The molecule has 1 aromatic rings. The summed E-state index contributed by atoms with van der Waals surface area (Å²) in [6, 6.07) is 3.58. The quantitative estimate of drug-likeness (QED) is 0.865. The van der Waals surface area contributed by atoms with E-state index >= 15 is 0 Å². The van der Waals surface area contributed by atoms with Crippen molar-refractivity contribution in [3.63, 3.8) is 0 Å². The maximum atomic E-state index is 12.4. The number of nitrogens with zero attached hydrogens (tertiary/aromatic N) is 3. The molecule has 1 saturated heterocycles. The molecule has 2 heterocycles. The topological polar surface area (TPSA) is 62.5 Å². The molecule has 1 aliphatic heterocycles. The summed E-state index contributed by atoms with van der Waals surface area (Å²) in [6.07, 6.45) is 2.52. The molecule has 18 heavy (non-hydrogen) atoms. The third kappa shape index (κ3) is 2.61. The first kappa shape index (κ1) is 12.8. The second kappa shape index (κ2) is 5.35. The third-order valence-corrected chi connectivity index (χ3v) is 3.37. The zero-order valence-electron chi connectivity index (χ0n) is 11.0. The summed E-state index contributed by atoms with van der Waals surface area (Å²) < 4.78 is 0. The summed E-state index contributed by atoms with van der Waals surface area (Å²) in [4.78, 5) is 20.6. The molecule has 0 radical (unpaired) electrons. The molecular formula is C13H20N4O. The van der Waals surface area contributed by atoms with Gasteiger partial charge < -0.3 is 10.6 Å². The van der Waals surface area contributed by atoms with E-state index in [-0.39, 0.29) is 11.8 Å². The van der Waals surface area contributed by atoms with E-state index in [9.17, 15) is 4.79 Å². The highest BCUT2D eigenvalue weighted by atomic mass is 16.2. The zero-order chi connectivity index (χ0) is 13.1. The van der Waals surface area contributed by atoms with Gasteiger partial charge in [-0.25, -0.2) is 4.98 Å². The number of aromatic nitrogens is 1. The van der Waals surface area contributed by atoms with Crippen LogP contribution in [0.4, 0.5) is 11.5 Å². The van der Waals surface area contributed by atoms with Crippen LogP contribution in [0.2, 0.25) is 0 Å². The fourth-order valence-corrected chi connectivity index (χ4v) is 2.34. The molecular weight excluding hydrogens is 228 g/mol. The van der Waals surface area contributed by atoms with Crippen molar-refractivity contribution in [2.45, 2.75) is 13.3 Å². The molecule has 2 N–H and O–H groups in total. The summed E-state index contributed by atoms with van der Waals surface area (Å²) in [5.74, 6) is 0.944. The molecule has 0 saturated carbocycles. The Hall–Kier alpha value is -1.62. The number of nitrogens with two attached hydrogens (primary N) is 1. The lowest BCUT2D eigenvalue weighted by Gasteiger charge is -2.23. The van der Waals surface area contributed by atoms with Gasteiger partial charge in [-0.05, 0) is 39.1 Å². The maximum Gasteiger partial charge on any atom is 0.232 e. The standard InChI is InChI=1S/C13H20N4O/c1-3-17(12-5-4-11(14)8-15-12)13(18)10-6-7-16(2)9-10/h4-5,8,10H,3,6-7,9,14H2,1-2H3. The van der Waals surface area contributed by atoms with Crippen LogP contribution < -0.4 is 10.6 Å². The lowest BCUT2D eigenvalue weighted by Crippen LogP contribution is -2.37. The average molecular weight is 248 g/mol. The predicted molar refractivity (Wildman–Crippen MR) is 72.3 cm³/mol. The van der Waals surface area contributed by atoms with E-state index in [0.29, 0.717) is 18.1 Å². The third-order valence-electron chi connectivity index (χ3n) is 3.37. The van der Waals surface area contributed by atoms with Crippen LogP contribution in [0.1, 0.15) is 13.3 Å². The lowest BCUT2D eigenvalue weighted by molar-refractivity contribution is -0.122. The highest BCUT2D eigenvalue weighted by Crippen LogP contribution is 2.21. The maximum absolute atomic E-state index is 12.4. The van der Waals surface area contributed by atoms with Gasteiger partial charge in [0.25, 0.3) is 0 Å². The van der Waals surface area contributed by atoms with Crippen molar-refractivity contribution < 1.29 is 4.79 Å². The van der Waals surface area contributed by atoms with E-state index in [1.165, 1.54) is 0 Å². The first-order valence-electron chi connectivity index (χ1n) is 6.33. The number of amides is 1.